The molecule has 0 heterocycles. The highest BCUT2D eigenvalue weighted by molar-refractivity contribution is 7.80. The Hall–Kier alpha value is -1.16. The highest BCUT2D eigenvalue weighted by Gasteiger charge is 2.42. The first kappa shape index (κ1) is 14.3. The Morgan fingerprint density at radius 1 is 1.42 bits per heavy atom. The molecular weight excluding hydrogens is 258 g/mol. The Morgan fingerprint density at radius 3 is 2.53 bits per heavy atom. The summed E-state index contributed by atoms with van der Waals surface area (Å²) in [4.78, 5) is 12.0. The van der Waals surface area contributed by atoms with Gasteiger partial charge in [0, 0.05) is 6.42 Å². The van der Waals surface area contributed by atoms with Crippen molar-refractivity contribution in [1.82, 2.24) is 5.32 Å². The van der Waals surface area contributed by atoms with Gasteiger partial charge < -0.3 is 10.1 Å². The Kier molecular flexibility index (Phi) is 4.40. The SMILES string of the molecule is COc1ccc(C(C)NC(=O)CC2(CS)CC2)cc1. The molecule has 0 aromatic heterocycles. The van der Waals surface area contributed by atoms with Crippen molar-refractivity contribution in [2.24, 2.45) is 5.41 Å². The molecule has 19 heavy (non-hydrogen) atoms. The van der Waals surface area contributed by atoms with Crippen LogP contribution in [0.3, 0.4) is 0 Å². The minimum Gasteiger partial charge on any atom is -0.497 e. The second kappa shape index (κ2) is 5.87. The maximum atomic E-state index is 12.0. The van der Waals surface area contributed by atoms with Crippen molar-refractivity contribution in [2.75, 3.05) is 12.9 Å². The second-order valence-corrected chi connectivity index (χ2v) is 5.71. The summed E-state index contributed by atoms with van der Waals surface area (Å²) in [5.41, 5.74) is 1.26. The monoisotopic (exact) mass is 279 g/mol. The molecule has 0 saturated heterocycles. The summed E-state index contributed by atoms with van der Waals surface area (Å²) in [5, 5.41) is 3.05. The molecule has 0 radical (unpaired) electrons. The van der Waals surface area contributed by atoms with Gasteiger partial charge in [0.05, 0.1) is 13.2 Å². The molecule has 1 fully saturated rings. The number of methoxy groups -OCH3 is 1. The van der Waals surface area contributed by atoms with Crippen LogP contribution in [0.5, 0.6) is 5.75 Å². The summed E-state index contributed by atoms with van der Waals surface area (Å²) in [7, 11) is 1.65. The van der Waals surface area contributed by atoms with Crippen molar-refractivity contribution in [2.45, 2.75) is 32.2 Å². The van der Waals surface area contributed by atoms with Gasteiger partial charge in [-0.05, 0) is 48.6 Å². The van der Waals surface area contributed by atoms with Crippen molar-refractivity contribution in [1.29, 1.82) is 0 Å². The van der Waals surface area contributed by atoms with Gasteiger partial charge in [0.2, 0.25) is 5.91 Å². The molecule has 104 valence electrons. The number of amides is 1. The number of nitrogens with one attached hydrogen (secondary N) is 1. The van der Waals surface area contributed by atoms with E-state index in [0.29, 0.717) is 6.42 Å². The fraction of sp³-hybridized carbons (Fsp3) is 0.533. The van der Waals surface area contributed by atoms with Gasteiger partial charge in [-0.2, -0.15) is 12.6 Å². The number of ether oxygens (including phenoxy) is 1. The van der Waals surface area contributed by atoms with Crippen molar-refractivity contribution >= 4 is 18.5 Å². The Morgan fingerprint density at radius 2 is 2.05 bits per heavy atom. The third-order valence-corrected chi connectivity index (χ3v) is 4.49. The fourth-order valence-corrected chi connectivity index (χ4v) is 2.60. The topological polar surface area (TPSA) is 38.3 Å². The van der Waals surface area contributed by atoms with Gasteiger partial charge in [-0.3, -0.25) is 4.79 Å². The standard InChI is InChI=1S/C15H21NO2S/c1-11(12-3-5-13(18-2)6-4-12)16-14(17)9-15(10-19)7-8-15/h3-6,11,19H,7-10H2,1-2H3,(H,16,17). The molecular formula is C15H21NO2S. The summed E-state index contributed by atoms with van der Waals surface area (Å²) in [6.07, 6.45) is 2.85. The quantitative estimate of drug-likeness (QED) is 0.786. The molecule has 4 heteroatoms. The first-order valence-electron chi connectivity index (χ1n) is 6.63. The van der Waals surface area contributed by atoms with E-state index in [0.717, 1.165) is 29.9 Å². The number of carbonyl (C=O) groups excluding carboxylic acids is 1. The molecule has 1 unspecified atom stereocenters. The maximum Gasteiger partial charge on any atom is 0.221 e. The van der Waals surface area contributed by atoms with Crippen LogP contribution in [0, 0.1) is 5.41 Å². The smallest absolute Gasteiger partial charge is 0.221 e. The number of hydrogen-bond donors (Lipinski definition) is 2. The summed E-state index contributed by atoms with van der Waals surface area (Å²) in [6.45, 7) is 2.00. The van der Waals surface area contributed by atoms with Gasteiger partial charge in [-0.25, -0.2) is 0 Å². The molecule has 1 atom stereocenters. The summed E-state index contributed by atoms with van der Waals surface area (Å²) >= 11 is 4.33. The Labute approximate surface area is 120 Å². The molecule has 1 aliphatic carbocycles. The van der Waals surface area contributed by atoms with E-state index < -0.39 is 0 Å². The zero-order chi connectivity index (χ0) is 13.9. The number of thiol groups is 1. The van der Waals surface area contributed by atoms with Gasteiger partial charge in [0.25, 0.3) is 0 Å². The molecule has 1 amide bonds. The molecule has 1 N–H and O–H groups in total. The molecule has 3 nitrogen and oxygen atoms in total. The second-order valence-electron chi connectivity index (χ2n) is 5.40. The zero-order valence-electron chi connectivity index (χ0n) is 11.5. The van der Waals surface area contributed by atoms with Crippen LogP contribution < -0.4 is 10.1 Å². The van der Waals surface area contributed by atoms with E-state index in [-0.39, 0.29) is 17.4 Å². The van der Waals surface area contributed by atoms with Crippen LogP contribution in [0.1, 0.15) is 37.8 Å². The van der Waals surface area contributed by atoms with Crippen LogP contribution in [0.15, 0.2) is 24.3 Å². The van der Waals surface area contributed by atoms with Crippen molar-refractivity contribution in [3.05, 3.63) is 29.8 Å². The first-order valence-corrected chi connectivity index (χ1v) is 7.26. The van der Waals surface area contributed by atoms with Crippen molar-refractivity contribution < 1.29 is 9.53 Å². The van der Waals surface area contributed by atoms with Gasteiger partial charge >= 0.3 is 0 Å². The van der Waals surface area contributed by atoms with E-state index in [1.54, 1.807) is 7.11 Å². The van der Waals surface area contributed by atoms with Gasteiger partial charge in [0.1, 0.15) is 5.75 Å². The molecule has 1 aliphatic rings. The number of carbonyl (C=O) groups is 1. The summed E-state index contributed by atoms with van der Waals surface area (Å²) in [5.74, 6) is 1.75. The lowest BCUT2D eigenvalue weighted by Crippen LogP contribution is -2.29. The Bertz CT molecular complexity index is 440. The van der Waals surface area contributed by atoms with Crippen molar-refractivity contribution in [3.8, 4) is 5.75 Å². The number of rotatable bonds is 6. The van der Waals surface area contributed by atoms with Crippen LogP contribution in [-0.2, 0) is 4.79 Å². The van der Waals surface area contributed by atoms with E-state index in [1.165, 1.54) is 0 Å². The molecule has 0 spiro atoms. The predicted molar refractivity (Wildman–Crippen MR) is 79.7 cm³/mol. The van der Waals surface area contributed by atoms with Gasteiger partial charge in [0.15, 0.2) is 0 Å². The van der Waals surface area contributed by atoms with Crippen molar-refractivity contribution in [3.63, 3.8) is 0 Å². The molecule has 0 bridgehead atoms. The number of hydrogen-bond acceptors (Lipinski definition) is 3. The van der Waals surface area contributed by atoms with Crippen LogP contribution in [0.4, 0.5) is 0 Å². The highest BCUT2D eigenvalue weighted by Crippen LogP contribution is 2.49. The van der Waals surface area contributed by atoms with E-state index in [4.69, 9.17) is 4.74 Å². The predicted octanol–water partition coefficient (Wildman–Crippen LogP) is 2.97. The van der Waals surface area contributed by atoms with Gasteiger partial charge in [-0.15, -0.1) is 0 Å². The lowest BCUT2D eigenvalue weighted by molar-refractivity contribution is -0.122. The van der Waals surface area contributed by atoms with Gasteiger partial charge in [-0.1, -0.05) is 12.1 Å². The molecule has 0 aliphatic heterocycles. The van der Waals surface area contributed by atoms with E-state index in [2.05, 4.69) is 17.9 Å². The zero-order valence-corrected chi connectivity index (χ0v) is 12.4. The lowest BCUT2D eigenvalue weighted by Gasteiger charge is -2.17. The molecule has 1 saturated carbocycles. The summed E-state index contributed by atoms with van der Waals surface area (Å²) in [6, 6.07) is 7.81. The third kappa shape index (κ3) is 3.66. The number of benzene rings is 1. The third-order valence-electron chi connectivity index (χ3n) is 3.82. The maximum absolute atomic E-state index is 12.0. The van der Waals surface area contributed by atoms with E-state index >= 15 is 0 Å². The first-order chi connectivity index (χ1) is 9.08. The minimum absolute atomic E-state index is 0.0223. The molecule has 2 rings (SSSR count). The van der Waals surface area contributed by atoms with Crippen LogP contribution in [0.2, 0.25) is 0 Å². The summed E-state index contributed by atoms with van der Waals surface area (Å²) < 4.78 is 5.12. The van der Waals surface area contributed by atoms with Crippen LogP contribution >= 0.6 is 12.6 Å². The van der Waals surface area contributed by atoms with Crippen LogP contribution in [0.25, 0.3) is 0 Å². The Balaban J connectivity index is 1.89. The van der Waals surface area contributed by atoms with E-state index in [1.807, 2.05) is 31.2 Å². The molecule has 1 aromatic carbocycles. The minimum atomic E-state index is 0.0223. The normalized spacial score (nSPS) is 17.6. The fourth-order valence-electron chi connectivity index (χ4n) is 2.18. The average molecular weight is 279 g/mol. The van der Waals surface area contributed by atoms with E-state index in [9.17, 15) is 4.79 Å². The van der Waals surface area contributed by atoms with Crippen LogP contribution in [-0.4, -0.2) is 18.8 Å². The molecule has 1 aromatic rings. The highest BCUT2D eigenvalue weighted by atomic mass is 32.1. The lowest BCUT2D eigenvalue weighted by atomic mass is 10.0. The largest absolute Gasteiger partial charge is 0.497 e. The average Bonchev–Trinajstić information content (AvgIpc) is 3.19.